The monoisotopic (exact) mass is 785 g/mol. The SMILES string of the molecule is CO[C@@H]1/C=C\O[C@@]2(C)Oc3c(C)c(O)c4c(O)c(c5c(nc6cc(C)ccn65)c4c3C2=O)NC(=O)/C(C)=C\C=C/[C@H](C)[C@H](O)[C@@H](C)[C@@H](O)[C@@H](C)[C@H](OC(C)=O)[C@H]1C. The van der Waals surface area contributed by atoms with E-state index in [1.165, 1.54) is 40.2 Å². The Hall–Kier alpha value is -5.44. The molecule has 0 saturated carbocycles. The van der Waals surface area contributed by atoms with E-state index in [0.717, 1.165) is 5.56 Å². The topological polar surface area (TPSA) is 198 Å². The largest absolute Gasteiger partial charge is 0.507 e. The Morgan fingerprint density at radius 3 is 2.35 bits per heavy atom. The first-order chi connectivity index (χ1) is 26.8. The third kappa shape index (κ3) is 7.10. The number of nitrogens with one attached hydrogen (secondary N) is 1. The Balaban J connectivity index is 1.58. The van der Waals surface area contributed by atoms with Crippen molar-refractivity contribution in [1.82, 2.24) is 9.38 Å². The number of phenols is 2. The number of aliphatic hydroxyl groups excluding tert-OH is 2. The highest BCUT2D eigenvalue weighted by Gasteiger charge is 2.50. The molecule has 14 nitrogen and oxygen atoms in total. The van der Waals surface area contributed by atoms with Gasteiger partial charge in [-0.3, -0.25) is 18.8 Å². The van der Waals surface area contributed by atoms with Crippen LogP contribution in [-0.4, -0.2) is 84.8 Å². The second-order valence-corrected chi connectivity index (χ2v) is 15.6. The fraction of sp³-hybridized carbons (Fsp3) is 0.442. The second kappa shape index (κ2) is 15.5. The van der Waals surface area contributed by atoms with Crippen LogP contribution in [0.1, 0.15) is 70.0 Å². The van der Waals surface area contributed by atoms with Gasteiger partial charge in [-0.25, -0.2) is 4.98 Å². The summed E-state index contributed by atoms with van der Waals surface area (Å²) in [4.78, 5) is 45.6. The first-order valence-corrected chi connectivity index (χ1v) is 19.0. The highest BCUT2D eigenvalue weighted by molar-refractivity contribution is 6.28. The summed E-state index contributed by atoms with van der Waals surface area (Å²) in [5.74, 6) is -6.96. The van der Waals surface area contributed by atoms with Crippen molar-refractivity contribution >= 4 is 50.8 Å². The lowest BCUT2D eigenvalue weighted by Crippen LogP contribution is -2.46. The molecule has 2 aromatic carbocycles. The van der Waals surface area contributed by atoms with Crippen molar-refractivity contribution in [2.24, 2.45) is 23.7 Å². The van der Waals surface area contributed by atoms with Crippen molar-refractivity contribution < 1.29 is 53.8 Å². The number of ketones is 1. The van der Waals surface area contributed by atoms with E-state index in [0.29, 0.717) is 5.65 Å². The molecule has 0 saturated heterocycles. The number of benzene rings is 2. The van der Waals surface area contributed by atoms with Crippen molar-refractivity contribution in [3.63, 3.8) is 0 Å². The van der Waals surface area contributed by atoms with Crippen LogP contribution in [0.2, 0.25) is 0 Å². The molecule has 9 atom stereocenters. The van der Waals surface area contributed by atoms with Gasteiger partial charge in [0.15, 0.2) is 5.75 Å². The number of aryl methyl sites for hydroxylation is 1. The van der Waals surface area contributed by atoms with Crippen LogP contribution in [0.15, 0.2) is 54.5 Å². The fourth-order valence-electron chi connectivity index (χ4n) is 8.03. The molecule has 2 aliphatic heterocycles. The number of hydrogen-bond acceptors (Lipinski definition) is 12. The van der Waals surface area contributed by atoms with Crippen LogP contribution >= 0.6 is 0 Å². The third-order valence-corrected chi connectivity index (χ3v) is 11.5. The van der Waals surface area contributed by atoms with Crippen molar-refractivity contribution in [2.75, 3.05) is 12.4 Å². The van der Waals surface area contributed by atoms with Crippen molar-refractivity contribution in [2.45, 2.75) is 92.5 Å². The molecule has 4 aromatic rings. The fourth-order valence-corrected chi connectivity index (χ4v) is 8.03. The van der Waals surface area contributed by atoms with Gasteiger partial charge in [-0.2, -0.15) is 0 Å². The van der Waals surface area contributed by atoms with Gasteiger partial charge in [0.05, 0.1) is 35.5 Å². The Kier molecular flexibility index (Phi) is 11.2. The Morgan fingerprint density at radius 1 is 0.982 bits per heavy atom. The minimum absolute atomic E-state index is 0.0185. The lowest BCUT2D eigenvalue weighted by molar-refractivity contribution is -0.160. The first-order valence-electron chi connectivity index (χ1n) is 19.0. The number of esters is 1. The smallest absolute Gasteiger partial charge is 0.312 e. The summed E-state index contributed by atoms with van der Waals surface area (Å²) in [5.41, 5.74) is 2.18. The number of imidazole rings is 1. The maximum Gasteiger partial charge on any atom is 0.312 e. The zero-order chi connectivity index (χ0) is 41.8. The zero-order valence-corrected chi connectivity index (χ0v) is 33.8. The molecule has 0 fully saturated rings. The van der Waals surface area contributed by atoms with Crippen molar-refractivity contribution in [1.29, 1.82) is 0 Å². The quantitative estimate of drug-likeness (QED) is 0.115. The number of Topliss-reactive ketones (excluding diaryl/α,β-unsaturated/α-hetero) is 1. The number of pyridine rings is 1. The first kappa shape index (κ1) is 41.2. The Bertz CT molecular complexity index is 2380. The number of ether oxygens (including phenoxy) is 4. The summed E-state index contributed by atoms with van der Waals surface area (Å²) < 4.78 is 25.5. The number of hydrogen-bond donors (Lipinski definition) is 5. The molecule has 0 unspecified atom stereocenters. The van der Waals surface area contributed by atoms with E-state index in [-0.39, 0.29) is 55.7 Å². The molecule has 2 aromatic heterocycles. The summed E-state index contributed by atoms with van der Waals surface area (Å²) in [6, 6.07) is 3.64. The van der Waals surface area contributed by atoms with Gasteiger partial charge in [0, 0.05) is 67.3 Å². The molecule has 6 rings (SSSR count). The molecule has 0 radical (unpaired) electrons. The van der Waals surface area contributed by atoms with Crippen molar-refractivity contribution in [3.8, 4) is 17.2 Å². The number of methoxy groups -OCH3 is 1. The normalized spacial score (nSPS) is 30.8. The van der Waals surface area contributed by atoms with Crippen LogP contribution in [0.5, 0.6) is 17.2 Å². The summed E-state index contributed by atoms with van der Waals surface area (Å²) in [6.45, 7) is 14.7. The number of allylic oxidation sites excluding steroid dienone is 2. The van der Waals surface area contributed by atoms with Gasteiger partial charge in [0.2, 0.25) is 0 Å². The summed E-state index contributed by atoms with van der Waals surface area (Å²) in [6.07, 6.45) is 5.62. The van der Waals surface area contributed by atoms with Crippen LogP contribution in [-0.2, 0) is 23.8 Å². The number of carbonyl (C=O) groups is 3. The van der Waals surface area contributed by atoms with Crippen LogP contribution in [0.3, 0.4) is 0 Å². The number of phenolic OH excluding ortho intramolecular Hbond substituents is 2. The second-order valence-electron chi connectivity index (χ2n) is 15.6. The molecule has 4 heterocycles. The molecule has 0 spiro atoms. The molecule has 4 bridgehead atoms. The molecule has 0 aliphatic carbocycles. The average molecular weight is 786 g/mol. The van der Waals surface area contributed by atoms with Crippen LogP contribution in [0.4, 0.5) is 5.69 Å². The van der Waals surface area contributed by atoms with E-state index >= 15 is 0 Å². The molecular formula is C43H51N3O11. The highest BCUT2D eigenvalue weighted by atomic mass is 16.7. The van der Waals surface area contributed by atoms with Gasteiger partial charge in [0.1, 0.15) is 40.0 Å². The number of nitrogens with zero attached hydrogens (tertiary/aromatic N) is 2. The summed E-state index contributed by atoms with van der Waals surface area (Å²) >= 11 is 0. The van der Waals surface area contributed by atoms with Gasteiger partial charge < -0.3 is 44.7 Å². The number of rotatable bonds is 2. The highest BCUT2D eigenvalue weighted by Crippen LogP contribution is 2.54. The molecule has 304 valence electrons. The number of aromatic hydroxyl groups is 2. The number of anilines is 1. The molecule has 2 aliphatic rings. The van der Waals surface area contributed by atoms with Crippen molar-refractivity contribution in [3.05, 3.63) is 71.2 Å². The number of carbonyl (C=O) groups excluding carboxylic acids is 3. The summed E-state index contributed by atoms with van der Waals surface area (Å²) in [5, 5.41) is 49.4. The van der Waals surface area contributed by atoms with Gasteiger partial charge >= 0.3 is 11.8 Å². The summed E-state index contributed by atoms with van der Waals surface area (Å²) in [7, 11) is 1.46. The molecule has 1 amide bonds. The Morgan fingerprint density at radius 2 is 1.68 bits per heavy atom. The average Bonchev–Trinajstić information content (AvgIpc) is 3.67. The molecule has 57 heavy (non-hydrogen) atoms. The van der Waals surface area contributed by atoms with Crippen LogP contribution in [0, 0.1) is 37.5 Å². The minimum atomic E-state index is -1.96. The lowest BCUT2D eigenvalue weighted by Gasteiger charge is -2.38. The van der Waals surface area contributed by atoms with E-state index in [9.17, 15) is 34.8 Å². The number of aliphatic hydroxyl groups is 2. The van der Waals surface area contributed by atoms with Gasteiger partial charge in [0.25, 0.3) is 11.7 Å². The van der Waals surface area contributed by atoms with E-state index in [1.54, 1.807) is 63.4 Å². The molecule has 14 heteroatoms. The van der Waals surface area contributed by atoms with E-state index in [4.69, 9.17) is 23.9 Å². The third-order valence-electron chi connectivity index (χ3n) is 11.5. The number of aromatic nitrogens is 2. The zero-order valence-electron chi connectivity index (χ0n) is 33.8. The number of amides is 1. The van der Waals surface area contributed by atoms with Gasteiger partial charge in [-0.05, 0) is 44.5 Å². The number of fused-ring (bicyclic) bond motifs is 2. The molecule has 5 N–H and O–H groups in total. The van der Waals surface area contributed by atoms with Gasteiger partial charge in [-0.1, -0.05) is 45.9 Å². The maximum absolute atomic E-state index is 14.6. The Labute approximate surface area is 330 Å². The van der Waals surface area contributed by atoms with Crippen LogP contribution in [0.25, 0.3) is 27.5 Å². The van der Waals surface area contributed by atoms with E-state index in [2.05, 4.69) is 5.32 Å². The standard InChI is InChI=1S/C43H51N3O11/c1-19-14-16-46-28(18-19)44-32-29-30-37(50)25(7)40-31(29)41(52)43(9,57-40)55-17-15-27(54-10)22(4)39(56-26(8)47)24(6)36(49)23(5)35(48)20(2)12-11-13-21(3)42(53)45-33(34(32)46)38(30)51/h11-18,20,22-24,27,35-36,39,48-51H,1-10H3,(H,45,53)/b12-11-,17-15-,21-13-/t20-,22-,23+,24+,27+,35-,36+,39+,43-/m0/s1. The predicted octanol–water partition coefficient (Wildman–Crippen LogP) is 6.16. The van der Waals surface area contributed by atoms with Gasteiger partial charge in [-0.15, -0.1) is 0 Å². The lowest BCUT2D eigenvalue weighted by atomic mass is 9.78. The maximum atomic E-state index is 14.6. The minimum Gasteiger partial charge on any atom is -0.507 e. The van der Waals surface area contributed by atoms with E-state index < -0.39 is 77.3 Å². The van der Waals surface area contributed by atoms with E-state index in [1.807, 2.05) is 19.1 Å². The van der Waals surface area contributed by atoms with Crippen LogP contribution < -0.4 is 10.1 Å². The molecular weight excluding hydrogens is 734 g/mol. The predicted molar refractivity (Wildman–Crippen MR) is 213 cm³/mol.